The van der Waals surface area contributed by atoms with Gasteiger partial charge in [-0.25, -0.2) is 4.98 Å². The van der Waals surface area contributed by atoms with Gasteiger partial charge in [-0.1, -0.05) is 119 Å². The molecule has 2 aromatic rings. The van der Waals surface area contributed by atoms with Crippen LogP contribution in [0.2, 0.25) is 0 Å². The molecule has 5 heteroatoms. The fourth-order valence-electron chi connectivity index (χ4n) is 4.03. The third kappa shape index (κ3) is 15.2. The molecule has 1 aromatic heterocycles. The van der Waals surface area contributed by atoms with Crippen LogP contribution < -0.4 is 0 Å². The zero-order chi connectivity index (χ0) is 24.8. The van der Waals surface area contributed by atoms with E-state index in [-0.39, 0.29) is 0 Å². The molecule has 0 fully saturated rings. The maximum Gasteiger partial charge on any atom is 0.165 e. The number of allylic oxidation sites excluding steroid dienone is 2. The number of nitrogens with one attached hydrogen (secondary N) is 1. The number of aliphatic hydroxyl groups excluding tert-OH is 1. The molecule has 0 saturated heterocycles. The zero-order valence-electron chi connectivity index (χ0n) is 21.9. The highest BCUT2D eigenvalue weighted by Gasteiger charge is 2.08. The predicted octanol–water partition coefficient (Wildman–Crippen LogP) is 8.58. The Morgan fingerprint density at radius 3 is 2.20 bits per heavy atom. The van der Waals surface area contributed by atoms with Gasteiger partial charge in [0.05, 0.1) is 24.6 Å². The van der Waals surface area contributed by atoms with Gasteiger partial charge in [-0.15, -0.1) is 0 Å². The van der Waals surface area contributed by atoms with Crippen LogP contribution in [0.1, 0.15) is 96.8 Å². The van der Waals surface area contributed by atoms with E-state index >= 15 is 0 Å². The Kier molecular flexibility index (Phi) is 17.5. The summed E-state index contributed by atoms with van der Waals surface area (Å²) in [7, 11) is 0. The van der Waals surface area contributed by atoms with Gasteiger partial charge in [0.15, 0.2) is 5.16 Å². The molecule has 0 aliphatic heterocycles. The number of hydrogen-bond acceptors (Lipinski definition) is 4. The number of aromatic nitrogens is 2. The van der Waals surface area contributed by atoms with Crippen molar-refractivity contribution in [2.24, 2.45) is 0 Å². The Labute approximate surface area is 218 Å². The summed E-state index contributed by atoms with van der Waals surface area (Å²) in [4.78, 5) is 7.71. The smallest absolute Gasteiger partial charge is 0.165 e. The van der Waals surface area contributed by atoms with E-state index in [0.717, 1.165) is 29.4 Å². The molecule has 0 bridgehead atoms. The Morgan fingerprint density at radius 2 is 1.51 bits per heavy atom. The molecular weight excluding hydrogens is 452 g/mol. The number of thioether (sulfide) groups is 1. The first-order valence-corrected chi connectivity index (χ1v) is 14.9. The number of hydrogen-bond donors (Lipinski definition) is 2. The highest BCUT2D eigenvalue weighted by Crippen LogP contribution is 2.21. The van der Waals surface area contributed by atoms with Crippen molar-refractivity contribution >= 4 is 11.8 Å². The molecule has 2 rings (SSSR count). The maximum absolute atomic E-state index is 10.2. The van der Waals surface area contributed by atoms with Crippen molar-refractivity contribution in [2.75, 3.05) is 19.0 Å². The Bertz CT molecular complexity index is 763. The SMILES string of the molecule is CCCCCCCC/C=C\CCCCCCCCOCC(O)CSc1ncc(-c2ccccc2)[nH]1. The normalized spacial score (nSPS) is 12.5. The lowest BCUT2D eigenvalue weighted by atomic mass is 10.1. The second kappa shape index (κ2) is 20.6. The second-order valence-corrected chi connectivity index (χ2v) is 10.5. The summed E-state index contributed by atoms with van der Waals surface area (Å²) in [5.41, 5.74) is 2.12. The van der Waals surface area contributed by atoms with Crippen LogP contribution in [0.5, 0.6) is 0 Å². The molecule has 0 aliphatic rings. The molecule has 0 radical (unpaired) electrons. The number of aliphatic hydroxyl groups is 1. The Balaban J connectivity index is 1.34. The molecule has 1 unspecified atom stereocenters. The number of nitrogens with zero attached hydrogens (tertiary/aromatic N) is 1. The third-order valence-electron chi connectivity index (χ3n) is 6.16. The van der Waals surface area contributed by atoms with Gasteiger partial charge in [0, 0.05) is 12.4 Å². The molecule has 0 saturated carbocycles. The highest BCUT2D eigenvalue weighted by atomic mass is 32.2. The van der Waals surface area contributed by atoms with Gasteiger partial charge in [-0.3, -0.25) is 0 Å². The molecule has 35 heavy (non-hydrogen) atoms. The van der Waals surface area contributed by atoms with Gasteiger partial charge in [0.1, 0.15) is 0 Å². The standard InChI is InChI=1S/C30H48N2O2S/c1-2-3-4-5-6-7-8-9-10-11-12-13-14-15-16-20-23-34-25-28(33)26-35-30-31-24-29(32-30)27-21-18-17-19-22-27/h9-10,17-19,21-22,24,28,33H,2-8,11-16,20,23,25-26H2,1H3,(H,31,32)/b10-9-. The quantitative estimate of drug-likeness (QED) is 0.0965. The van der Waals surface area contributed by atoms with Crippen LogP contribution in [0.15, 0.2) is 53.8 Å². The Morgan fingerprint density at radius 1 is 0.886 bits per heavy atom. The average Bonchev–Trinajstić information content (AvgIpc) is 3.36. The number of imidazole rings is 1. The minimum atomic E-state index is -0.473. The van der Waals surface area contributed by atoms with Gasteiger partial charge in [0.25, 0.3) is 0 Å². The van der Waals surface area contributed by atoms with Crippen LogP contribution in [-0.4, -0.2) is 40.1 Å². The van der Waals surface area contributed by atoms with E-state index in [1.807, 2.05) is 24.4 Å². The lowest BCUT2D eigenvalue weighted by molar-refractivity contribution is 0.0467. The number of ether oxygens (including phenoxy) is 1. The molecular formula is C30H48N2O2S. The summed E-state index contributed by atoms with van der Waals surface area (Å²) in [6.07, 6.45) is 24.5. The number of rotatable bonds is 22. The fraction of sp³-hybridized carbons (Fsp3) is 0.633. The topological polar surface area (TPSA) is 58.1 Å². The van der Waals surface area contributed by atoms with Gasteiger partial charge in [0.2, 0.25) is 0 Å². The van der Waals surface area contributed by atoms with Crippen molar-refractivity contribution in [3.8, 4) is 11.3 Å². The number of benzene rings is 1. The molecule has 196 valence electrons. The van der Waals surface area contributed by atoms with E-state index in [2.05, 4.69) is 41.2 Å². The fourth-order valence-corrected chi connectivity index (χ4v) is 4.79. The minimum absolute atomic E-state index is 0.393. The van der Waals surface area contributed by atoms with Crippen LogP contribution in [-0.2, 0) is 4.74 Å². The van der Waals surface area contributed by atoms with Crippen LogP contribution in [0, 0.1) is 0 Å². The summed E-state index contributed by atoms with van der Waals surface area (Å²) in [5, 5.41) is 11.0. The van der Waals surface area contributed by atoms with Gasteiger partial charge in [-0.05, 0) is 37.7 Å². The largest absolute Gasteiger partial charge is 0.390 e. The van der Waals surface area contributed by atoms with E-state index in [1.165, 1.54) is 95.2 Å². The lowest BCUT2D eigenvalue weighted by Gasteiger charge is -2.10. The predicted molar refractivity (Wildman–Crippen MR) is 151 cm³/mol. The highest BCUT2D eigenvalue weighted by molar-refractivity contribution is 7.99. The first kappa shape index (κ1) is 29.7. The molecule has 4 nitrogen and oxygen atoms in total. The number of aromatic amines is 1. The van der Waals surface area contributed by atoms with E-state index in [4.69, 9.17) is 4.74 Å². The van der Waals surface area contributed by atoms with Crippen LogP contribution in [0.3, 0.4) is 0 Å². The molecule has 1 heterocycles. The molecule has 1 atom stereocenters. The molecule has 0 amide bonds. The van der Waals surface area contributed by atoms with Crippen LogP contribution >= 0.6 is 11.8 Å². The van der Waals surface area contributed by atoms with Crippen LogP contribution in [0.25, 0.3) is 11.3 Å². The lowest BCUT2D eigenvalue weighted by Crippen LogP contribution is -2.18. The summed E-state index contributed by atoms with van der Waals surface area (Å²) >= 11 is 1.53. The van der Waals surface area contributed by atoms with E-state index in [1.54, 1.807) is 0 Å². The zero-order valence-corrected chi connectivity index (χ0v) is 22.7. The number of H-pyrrole nitrogens is 1. The van der Waals surface area contributed by atoms with E-state index in [9.17, 15) is 5.11 Å². The van der Waals surface area contributed by atoms with Gasteiger partial charge in [-0.2, -0.15) is 0 Å². The molecule has 0 aliphatic carbocycles. The minimum Gasteiger partial charge on any atom is -0.390 e. The summed E-state index contributed by atoms with van der Waals surface area (Å²) in [6.45, 7) is 3.41. The summed E-state index contributed by atoms with van der Waals surface area (Å²) in [6, 6.07) is 10.1. The second-order valence-electron chi connectivity index (χ2n) is 9.45. The van der Waals surface area contributed by atoms with Gasteiger partial charge < -0.3 is 14.8 Å². The van der Waals surface area contributed by atoms with Crippen molar-refractivity contribution in [2.45, 2.75) is 108 Å². The Hall–Kier alpha value is -1.56. The van der Waals surface area contributed by atoms with Gasteiger partial charge >= 0.3 is 0 Å². The van der Waals surface area contributed by atoms with E-state index in [0.29, 0.717) is 12.4 Å². The van der Waals surface area contributed by atoms with Crippen molar-refractivity contribution in [3.05, 3.63) is 48.7 Å². The van der Waals surface area contributed by atoms with Crippen LogP contribution in [0.4, 0.5) is 0 Å². The first-order valence-electron chi connectivity index (χ1n) is 13.9. The summed E-state index contributed by atoms with van der Waals surface area (Å²) < 4.78 is 5.67. The molecule has 0 spiro atoms. The monoisotopic (exact) mass is 500 g/mol. The molecule has 1 aromatic carbocycles. The summed E-state index contributed by atoms with van der Waals surface area (Å²) in [5.74, 6) is 0.579. The average molecular weight is 501 g/mol. The van der Waals surface area contributed by atoms with Crippen molar-refractivity contribution in [1.29, 1.82) is 0 Å². The van der Waals surface area contributed by atoms with Crippen molar-refractivity contribution in [3.63, 3.8) is 0 Å². The number of unbranched alkanes of at least 4 members (excludes halogenated alkanes) is 12. The third-order valence-corrected chi connectivity index (χ3v) is 7.19. The van der Waals surface area contributed by atoms with Crippen molar-refractivity contribution in [1.82, 2.24) is 9.97 Å². The first-order chi connectivity index (χ1) is 17.3. The van der Waals surface area contributed by atoms with E-state index < -0.39 is 6.10 Å². The van der Waals surface area contributed by atoms with Crippen molar-refractivity contribution < 1.29 is 9.84 Å². The molecule has 2 N–H and O–H groups in total. The maximum atomic E-state index is 10.2.